The fraction of sp³-hybridized carbons (Fsp3) is 0.667. The maximum atomic E-state index is 9.95. The lowest BCUT2D eigenvalue weighted by molar-refractivity contribution is -0.693. The smallest absolute Gasteiger partial charge is 0.267 e. The van der Waals surface area contributed by atoms with Crippen molar-refractivity contribution in [1.29, 1.82) is 0 Å². The summed E-state index contributed by atoms with van der Waals surface area (Å²) in [6, 6.07) is 0. The molecule has 0 radical (unpaired) electrons. The number of hydrogen-bond donors (Lipinski definition) is 0. The van der Waals surface area contributed by atoms with Crippen molar-refractivity contribution in [3.63, 3.8) is 0 Å². The topological polar surface area (TPSA) is 67.4 Å². The van der Waals surface area contributed by atoms with E-state index < -0.39 is 7.82 Å². The van der Waals surface area contributed by atoms with E-state index >= 15 is 0 Å². The molecule has 0 saturated heterocycles. The number of aromatic nitrogens is 2. The molecule has 0 spiro atoms. The molecule has 6 nitrogen and oxygen atoms in total. The normalized spacial score (nSPS) is 10.8. The highest BCUT2D eigenvalue weighted by atomic mass is 31.2. The van der Waals surface area contributed by atoms with Crippen LogP contribution in [0.5, 0.6) is 0 Å². The van der Waals surface area contributed by atoms with Gasteiger partial charge >= 0.3 is 0 Å². The largest absolute Gasteiger partial charge is 0.756 e. The SMILES string of the molecule is CCn1cc[n+](CC)c1.COP(=O)([O-])OC. The van der Waals surface area contributed by atoms with Crippen molar-refractivity contribution in [3.8, 4) is 0 Å². The van der Waals surface area contributed by atoms with Crippen molar-refractivity contribution in [2.24, 2.45) is 0 Å². The van der Waals surface area contributed by atoms with E-state index in [-0.39, 0.29) is 0 Å². The Labute approximate surface area is 96.0 Å². The molecule has 1 aromatic rings. The second-order valence-electron chi connectivity index (χ2n) is 2.89. The molecule has 94 valence electrons. The zero-order valence-corrected chi connectivity index (χ0v) is 11.0. The van der Waals surface area contributed by atoms with Crippen molar-refractivity contribution >= 4 is 7.82 Å². The van der Waals surface area contributed by atoms with Gasteiger partial charge in [-0.25, -0.2) is 9.13 Å². The molecule has 0 aliphatic rings. The van der Waals surface area contributed by atoms with Crippen LogP contribution < -0.4 is 9.46 Å². The number of rotatable bonds is 4. The fourth-order valence-corrected chi connectivity index (χ4v) is 1.04. The molecule has 0 aliphatic carbocycles. The second-order valence-corrected chi connectivity index (χ2v) is 4.51. The Hall–Kier alpha value is -0.680. The van der Waals surface area contributed by atoms with E-state index in [2.05, 4.69) is 50.8 Å². The summed E-state index contributed by atoms with van der Waals surface area (Å²) in [5.74, 6) is 0. The van der Waals surface area contributed by atoms with Gasteiger partial charge in [0.15, 0.2) is 0 Å². The standard InChI is InChI=1S/C7H13N2.C2H7O4P/c1-3-8-5-6-9(4-2)7-8;1-5-7(3,4)6-2/h5-7H,3-4H2,1-2H3;1-2H3,(H,3,4)/q+1;/p-1. The molecule has 7 heteroatoms. The van der Waals surface area contributed by atoms with Crippen LogP contribution in [0.25, 0.3) is 0 Å². The van der Waals surface area contributed by atoms with Gasteiger partial charge < -0.3 is 13.9 Å². The number of aryl methyl sites for hydroxylation is 2. The Morgan fingerprint density at radius 2 is 1.94 bits per heavy atom. The Kier molecular flexibility index (Phi) is 7.25. The first kappa shape index (κ1) is 15.3. The maximum Gasteiger partial charge on any atom is 0.267 e. The molecule has 1 aromatic heterocycles. The van der Waals surface area contributed by atoms with Crippen molar-refractivity contribution in [1.82, 2.24) is 4.57 Å². The molecular weight excluding hydrogens is 231 g/mol. The summed E-state index contributed by atoms with van der Waals surface area (Å²) < 4.78 is 22.0. The van der Waals surface area contributed by atoms with Gasteiger partial charge in [-0.2, -0.15) is 0 Å². The molecule has 0 aliphatic heterocycles. The number of imidazole rings is 1. The van der Waals surface area contributed by atoms with E-state index in [1.165, 1.54) is 0 Å². The number of nitrogens with zero attached hydrogens (tertiary/aromatic N) is 2. The molecule has 16 heavy (non-hydrogen) atoms. The molecule has 0 saturated carbocycles. The molecule has 0 aromatic carbocycles. The number of hydrogen-bond acceptors (Lipinski definition) is 4. The summed E-state index contributed by atoms with van der Waals surface area (Å²) in [6.45, 7) is 6.40. The predicted molar refractivity (Wildman–Crippen MR) is 57.6 cm³/mol. The zero-order chi connectivity index (χ0) is 12.6. The quantitative estimate of drug-likeness (QED) is 0.578. The van der Waals surface area contributed by atoms with Gasteiger partial charge in [0, 0.05) is 14.2 Å². The average Bonchev–Trinajstić information content (AvgIpc) is 2.77. The van der Waals surface area contributed by atoms with Crippen molar-refractivity contribution in [2.75, 3.05) is 14.2 Å². The van der Waals surface area contributed by atoms with Crippen molar-refractivity contribution < 1.29 is 23.1 Å². The van der Waals surface area contributed by atoms with Gasteiger partial charge in [-0.15, -0.1) is 0 Å². The van der Waals surface area contributed by atoms with E-state index in [4.69, 9.17) is 0 Å². The van der Waals surface area contributed by atoms with Crippen LogP contribution >= 0.6 is 7.82 Å². The third-order valence-corrected chi connectivity index (χ3v) is 2.82. The van der Waals surface area contributed by atoms with Gasteiger partial charge in [-0.1, -0.05) is 0 Å². The highest BCUT2D eigenvalue weighted by molar-refractivity contribution is 7.45. The Morgan fingerprint density at radius 3 is 2.12 bits per heavy atom. The molecule has 0 unspecified atom stereocenters. The Balaban J connectivity index is 0.000000293. The van der Waals surface area contributed by atoms with E-state index in [0.29, 0.717) is 0 Å². The lowest BCUT2D eigenvalue weighted by Gasteiger charge is -2.16. The second kappa shape index (κ2) is 7.57. The van der Waals surface area contributed by atoms with E-state index in [1.807, 2.05) is 0 Å². The summed E-state index contributed by atoms with van der Waals surface area (Å²) in [5.41, 5.74) is 0. The van der Waals surface area contributed by atoms with E-state index in [0.717, 1.165) is 27.3 Å². The maximum absolute atomic E-state index is 9.95. The first-order valence-electron chi connectivity index (χ1n) is 4.96. The van der Waals surface area contributed by atoms with Gasteiger partial charge in [0.05, 0.1) is 13.1 Å². The van der Waals surface area contributed by atoms with Crippen LogP contribution in [-0.4, -0.2) is 18.8 Å². The molecule has 0 N–H and O–H groups in total. The third kappa shape index (κ3) is 6.02. The molecule has 1 rings (SSSR count). The summed E-state index contributed by atoms with van der Waals surface area (Å²) in [6.07, 6.45) is 6.28. The first-order valence-corrected chi connectivity index (χ1v) is 6.42. The molecule has 0 amide bonds. The minimum Gasteiger partial charge on any atom is -0.756 e. The first-order chi connectivity index (χ1) is 7.49. The molecule has 0 fully saturated rings. The van der Waals surface area contributed by atoms with Crippen LogP contribution in [0.1, 0.15) is 13.8 Å². The van der Waals surface area contributed by atoms with Gasteiger partial charge in [0.2, 0.25) is 6.33 Å². The van der Waals surface area contributed by atoms with Crippen molar-refractivity contribution in [2.45, 2.75) is 26.9 Å². The molecule has 0 atom stereocenters. The predicted octanol–water partition coefficient (Wildman–Crippen LogP) is 0.563. The van der Waals surface area contributed by atoms with Crippen molar-refractivity contribution in [3.05, 3.63) is 18.7 Å². The summed E-state index contributed by atoms with van der Waals surface area (Å²) >= 11 is 0. The number of phosphoric ester groups is 1. The lowest BCUT2D eigenvalue weighted by atomic mass is 10.7. The highest BCUT2D eigenvalue weighted by Crippen LogP contribution is 2.34. The van der Waals surface area contributed by atoms with Crippen LogP contribution in [0, 0.1) is 0 Å². The van der Waals surface area contributed by atoms with E-state index in [1.54, 1.807) is 0 Å². The monoisotopic (exact) mass is 250 g/mol. The van der Waals surface area contributed by atoms with Gasteiger partial charge in [-0.05, 0) is 13.8 Å². The summed E-state index contributed by atoms with van der Waals surface area (Å²) in [4.78, 5) is 9.95. The van der Waals surface area contributed by atoms with Crippen LogP contribution in [0.2, 0.25) is 0 Å². The van der Waals surface area contributed by atoms with Crippen LogP contribution in [-0.2, 0) is 26.7 Å². The highest BCUT2D eigenvalue weighted by Gasteiger charge is 1.98. The molecular formula is C9H19N2O4P. The zero-order valence-electron chi connectivity index (χ0n) is 10.1. The minimum absolute atomic E-state index is 1.04. The Bertz CT molecular complexity index is 314. The molecule has 0 bridgehead atoms. The van der Waals surface area contributed by atoms with Gasteiger partial charge in [-0.3, -0.25) is 4.57 Å². The number of phosphoric acid groups is 1. The summed E-state index contributed by atoms with van der Waals surface area (Å²) in [5, 5.41) is 0. The fourth-order valence-electron chi connectivity index (χ4n) is 0.887. The van der Waals surface area contributed by atoms with Crippen LogP contribution in [0.3, 0.4) is 0 Å². The third-order valence-electron chi connectivity index (χ3n) is 1.92. The van der Waals surface area contributed by atoms with Gasteiger partial charge in [0.1, 0.15) is 12.4 Å². The lowest BCUT2D eigenvalue weighted by Crippen LogP contribution is -2.28. The van der Waals surface area contributed by atoms with Crippen LogP contribution in [0.4, 0.5) is 0 Å². The average molecular weight is 250 g/mol. The summed E-state index contributed by atoms with van der Waals surface area (Å²) in [7, 11) is -1.83. The minimum atomic E-state index is -3.90. The Morgan fingerprint density at radius 1 is 1.38 bits per heavy atom. The molecule has 1 heterocycles. The van der Waals surface area contributed by atoms with Gasteiger partial charge in [0.25, 0.3) is 7.82 Å². The van der Waals surface area contributed by atoms with E-state index in [9.17, 15) is 9.46 Å². The van der Waals surface area contributed by atoms with Crippen LogP contribution in [0.15, 0.2) is 18.7 Å².